The van der Waals surface area contributed by atoms with Crippen molar-refractivity contribution in [3.63, 3.8) is 0 Å². The first-order valence-electron chi connectivity index (χ1n) is 5.87. The number of hydrogen-bond donors (Lipinski definition) is 1. The highest BCUT2D eigenvalue weighted by Crippen LogP contribution is 2.27. The minimum absolute atomic E-state index is 0.281. The molecule has 0 bridgehead atoms. The molecule has 1 heterocycles. The van der Waals surface area contributed by atoms with Crippen LogP contribution in [0, 0.1) is 5.82 Å². The van der Waals surface area contributed by atoms with Gasteiger partial charge in [-0.1, -0.05) is 0 Å². The van der Waals surface area contributed by atoms with Gasteiger partial charge in [0.1, 0.15) is 0 Å². The fourth-order valence-corrected chi connectivity index (χ4v) is 2.63. The van der Waals surface area contributed by atoms with Crippen molar-refractivity contribution >= 4 is 21.7 Å². The molecule has 5 heteroatoms. The van der Waals surface area contributed by atoms with Crippen LogP contribution < -0.4 is 10.6 Å². The van der Waals surface area contributed by atoms with E-state index in [-0.39, 0.29) is 5.82 Å². The molecule has 3 nitrogen and oxygen atoms in total. The molecule has 1 fully saturated rings. The van der Waals surface area contributed by atoms with Crippen molar-refractivity contribution in [2.24, 2.45) is 5.73 Å². The van der Waals surface area contributed by atoms with Crippen molar-refractivity contribution in [2.75, 3.05) is 11.9 Å². The normalized spacial score (nSPS) is 24.7. The summed E-state index contributed by atoms with van der Waals surface area (Å²) in [7, 11) is 1.90. The Bertz CT molecular complexity index is 391. The van der Waals surface area contributed by atoms with Crippen LogP contribution in [0.1, 0.15) is 25.7 Å². The van der Waals surface area contributed by atoms with Crippen molar-refractivity contribution in [2.45, 2.75) is 37.8 Å². The van der Waals surface area contributed by atoms with E-state index >= 15 is 0 Å². The zero-order valence-electron chi connectivity index (χ0n) is 9.87. The number of pyridine rings is 1. The van der Waals surface area contributed by atoms with E-state index in [1.54, 1.807) is 6.20 Å². The molecule has 0 aromatic carbocycles. The lowest BCUT2D eigenvalue weighted by atomic mass is 9.91. The average Bonchev–Trinajstić information content (AvgIpc) is 2.29. The second kappa shape index (κ2) is 5.31. The van der Waals surface area contributed by atoms with E-state index in [0.29, 0.717) is 22.4 Å². The third-order valence-electron chi connectivity index (χ3n) is 3.41. The first-order valence-corrected chi connectivity index (χ1v) is 6.66. The van der Waals surface area contributed by atoms with Crippen molar-refractivity contribution in [3.05, 3.63) is 22.6 Å². The molecular weight excluding hydrogens is 285 g/mol. The van der Waals surface area contributed by atoms with Gasteiger partial charge in [-0.3, -0.25) is 0 Å². The highest BCUT2D eigenvalue weighted by atomic mass is 79.9. The average molecular weight is 302 g/mol. The topological polar surface area (TPSA) is 42.2 Å². The maximum atomic E-state index is 13.8. The molecule has 0 aliphatic heterocycles. The van der Waals surface area contributed by atoms with Gasteiger partial charge in [0.05, 0.1) is 0 Å². The molecule has 0 spiro atoms. The number of aromatic nitrogens is 1. The molecule has 2 N–H and O–H groups in total. The van der Waals surface area contributed by atoms with E-state index in [2.05, 4.69) is 20.9 Å². The van der Waals surface area contributed by atoms with Gasteiger partial charge in [-0.05, 0) is 47.7 Å². The standard InChI is InChI=1S/C12H17BrFN3/c1-17(10-4-2-9(15)3-5-10)12-11(14)6-8(13)7-16-12/h6-7,9-10H,2-5,15H2,1H3. The minimum atomic E-state index is -0.281. The second-order valence-corrected chi connectivity index (χ2v) is 5.55. The van der Waals surface area contributed by atoms with E-state index in [0.717, 1.165) is 25.7 Å². The van der Waals surface area contributed by atoms with Gasteiger partial charge in [-0.25, -0.2) is 9.37 Å². The van der Waals surface area contributed by atoms with Crippen LogP contribution in [0.4, 0.5) is 10.2 Å². The van der Waals surface area contributed by atoms with E-state index in [4.69, 9.17) is 5.73 Å². The zero-order valence-corrected chi connectivity index (χ0v) is 11.5. The number of halogens is 2. The van der Waals surface area contributed by atoms with E-state index < -0.39 is 0 Å². The third kappa shape index (κ3) is 2.96. The van der Waals surface area contributed by atoms with Crippen LogP contribution in [0.25, 0.3) is 0 Å². The van der Waals surface area contributed by atoms with Crippen LogP contribution in [-0.4, -0.2) is 24.1 Å². The Kier molecular flexibility index (Phi) is 3.99. The van der Waals surface area contributed by atoms with Gasteiger partial charge in [0.25, 0.3) is 0 Å². The lowest BCUT2D eigenvalue weighted by molar-refractivity contribution is 0.381. The molecule has 0 saturated heterocycles. The SMILES string of the molecule is CN(c1ncc(Br)cc1F)C1CCC(N)CC1. The summed E-state index contributed by atoms with van der Waals surface area (Å²) in [6, 6.07) is 2.10. The quantitative estimate of drug-likeness (QED) is 0.913. The lowest BCUT2D eigenvalue weighted by Gasteiger charge is -2.34. The highest BCUT2D eigenvalue weighted by molar-refractivity contribution is 9.10. The number of nitrogens with two attached hydrogens (primary N) is 1. The molecule has 1 aliphatic rings. The molecule has 0 radical (unpaired) electrons. The molecule has 1 saturated carbocycles. The van der Waals surface area contributed by atoms with Gasteiger partial charge in [-0.2, -0.15) is 0 Å². The molecule has 1 aliphatic carbocycles. The molecule has 0 unspecified atom stereocenters. The summed E-state index contributed by atoms with van der Waals surface area (Å²) in [5, 5.41) is 0. The molecule has 94 valence electrons. The van der Waals surface area contributed by atoms with Crippen molar-refractivity contribution in [1.29, 1.82) is 0 Å². The van der Waals surface area contributed by atoms with E-state index in [1.165, 1.54) is 6.07 Å². The van der Waals surface area contributed by atoms with Crippen LogP contribution in [-0.2, 0) is 0 Å². The van der Waals surface area contributed by atoms with E-state index in [9.17, 15) is 4.39 Å². The molecule has 2 rings (SSSR count). The second-order valence-electron chi connectivity index (χ2n) is 4.64. The Morgan fingerprint density at radius 3 is 2.65 bits per heavy atom. The summed E-state index contributed by atoms with van der Waals surface area (Å²) in [5.41, 5.74) is 5.87. The van der Waals surface area contributed by atoms with Crippen LogP contribution >= 0.6 is 15.9 Å². The summed E-state index contributed by atoms with van der Waals surface area (Å²) >= 11 is 3.21. The highest BCUT2D eigenvalue weighted by Gasteiger charge is 2.24. The Morgan fingerprint density at radius 2 is 2.06 bits per heavy atom. The van der Waals surface area contributed by atoms with Crippen LogP contribution in [0.5, 0.6) is 0 Å². The summed E-state index contributed by atoms with van der Waals surface area (Å²) in [4.78, 5) is 6.08. The van der Waals surface area contributed by atoms with Crippen molar-refractivity contribution < 1.29 is 4.39 Å². The Hall–Kier alpha value is -0.680. The fraction of sp³-hybridized carbons (Fsp3) is 0.583. The smallest absolute Gasteiger partial charge is 0.166 e. The Labute approximate surface area is 109 Å². The monoisotopic (exact) mass is 301 g/mol. The molecule has 1 aromatic heterocycles. The fourth-order valence-electron chi connectivity index (χ4n) is 2.33. The lowest BCUT2D eigenvalue weighted by Crippen LogP contribution is -2.39. The summed E-state index contributed by atoms with van der Waals surface area (Å²) < 4.78 is 14.4. The number of hydrogen-bond acceptors (Lipinski definition) is 3. The summed E-state index contributed by atoms with van der Waals surface area (Å²) in [6.45, 7) is 0. The van der Waals surface area contributed by atoms with Gasteiger partial charge in [0, 0.05) is 29.8 Å². The number of anilines is 1. The zero-order chi connectivity index (χ0) is 12.4. The summed E-state index contributed by atoms with van der Waals surface area (Å²) in [6.07, 6.45) is 5.66. The molecule has 0 atom stereocenters. The minimum Gasteiger partial charge on any atom is -0.354 e. The molecular formula is C12H17BrFN3. The molecule has 1 aromatic rings. The van der Waals surface area contributed by atoms with E-state index in [1.807, 2.05) is 11.9 Å². The summed E-state index contributed by atoms with van der Waals surface area (Å²) in [5.74, 6) is 0.144. The first-order chi connectivity index (χ1) is 8.08. The number of rotatable bonds is 2. The maximum absolute atomic E-state index is 13.8. The van der Waals surface area contributed by atoms with Crippen LogP contribution in [0.3, 0.4) is 0 Å². The Morgan fingerprint density at radius 1 is 1.41 bits per heavy atom. The van der Waals surface area contributed by atoms with Crippen molar-refractivity contribution in [3.8, 4) is 0 Å². The van der Waals surface area contributed by atoms with Gasteiger partial charge in [0.15, 0.2) is 11.6 Å². The van der Waals surface area contributed by atoms with Gasteiger partial charge in [0.2, 0.25) is 0 Å². The Balaban J connectivity index is 2.11. The molecule has 17 heavy (non-hydrogen) atoms. The van der Waals surface area contributed by atoms with Gasteiger partial charge in [-0.15, -0.1) is 0 Å². The predicted molar refractivity (Wildman–Crippen MR) is 70.5 cm³/mol. The number of nitrogens with zero attached hydrogens (tertiary/aromatic N) is 2. The third-order valence-corrected chi connectivity index (χ3v) is 3.85. The van der Waals surface area contributed by atoms with Gasteiger partial charge >= 0.3 is 0 Å². The predicted octanol–water partition coefficient (Wildman–Crippen LogP) is 2.69. The van der Waals surface area contributed by atoms with Gasteiger partial charge < -0.3 is 10.6 Å². The maximum Gasteiger partial charge on any atom is 0.166 e. The van der Waals surface area contributed by atoms with Crippen molar-refractivity contribution in [1.82, 2.24) is 4.98 Å². The van der Waals surface area contributed by atoms with Crippen LogP contribution in [0.2, 0.25) is 0 Å². The van der Waals surface area contributed by atoms with Crippen LogP contribution in [0.15, 0.2) is 16.7 Å². The largest absolute Gasteiger partial charge is 0.354 e. The first kappa shape index (κ1) is 12.8. The molecule has 0 amide bonds.